The number of halogens is 1. The maximum Gasteiger partial charge on any atom is 0.336 e. The maximum absolute atomic E-state index is 10.8. The Morgan fingerprint density at radius 1 is 1.60 bits per heavy atom. The van der Waals surface area contributed by atoms with Crippen LogP contribution in [0.2, 0.25) is 5.02 Å². The second kappa shape index (κ2) is 4.27. The van der Waals surface area contributed by atoms with Gasteiger partial charge in [0.25, 0.3) is 5.69 Å². The molecule has 0 fully saturated rings. The van der Waals surface area contributed by atoms with Crippen molar-refractivity contribution < 1.29 is 14.8 Å². The third-order valence-corrected chi connectivity index (χ3v) is 2.28. The van der Waals surface area contributed by atoms with Crippen LogP contribution < -0.4 is 0 Å². The van der Waals surface area contributed by atoms with Crippen LogP contribution >= 0.6 is 11.6 Å². The predicted molar refractivity (Wildman–Crippen MR) is 54.4 cm³/mol. The van der Waals surface area contributed by atoms with Crippen LogP contribution in [0, 0.1) is 10.1 Å². The highest BCUT2D eigenvalue weighted by Gasteiger charge is 2.19. The van der Waals surface area contributed by atoms with Gasteiger partial charge < -0.3 is 5.11 Å². The first-order valence-corrected chi connectivity index (χ1v) is 4.55. The fourth-order valence-electron chi connectivity index (χ4n) is 1.23. The molecule has 1 aromatic carbocycles. The van der Waals surface area contributed by atoms with Gasteiger partial charge in [0.1, 0.15) is 5.02 Å². The number of aryl methyl sites for hydroxylation is 1. The topological polar surface area (TPSA) is 80.4 Å². The summed E-state index contributed by atoms with van der Waals surface area (Å²) in [5, 5.41) is 19.3. The van der Waals surface area contributed by atoms with Crippen LogP contribution in [0.25, 0.3) is 0 Å². The first-order valence-electron chi connectivity index (χ1n) is 4.17. The van der Waals surface area contributed by atoms with E-state index in [0.717, 1.165) is 6.07 Å². The van der Waals surface area contributed by atoms with E-state index in [1.807, 2.05) is 0 Å². The molecule has 0 spiro atoms. The first-order chi connectivity index (χ1) is 6.97. The summed E-state index contributed by atoms with van der Waals surface area (Å²) < 4.78 is 0. The zero-order chi connectivity index (χ0) is 11.6. The van der Waals surface area contributed by atoms with E-state index in [1.165, 1.54) is 6.07 Å². The zero-order valence-corrected chi connectivity index (χ0v) is 8.61. The van der Waals surface area contributed by atoms with E-state index in [4.69, 9.17) is 16.7 Å². The standard InChI is InChI=1S/C9H8ClNO4/c1-2-5-3-7(10)8(11(14)15)4-6(5)9(12)13/h3-4H,2H2,1H3,(H,12,13). The van der Waals surface area contributed by atoms with Crippen molar-refractivity contribution in [3.05, 3.63) is 38.4 Å². The van der Waals surface area contributed by atoms with Gasteiger partial charge in [-0.15, -0.1) is 0 Å². The van der Waals surface area contributed by atoms with E-state index in [2.05, 4.69) is 0 Å². The smallest absolute Gasteiger partial charge is 0.336 e. The quantitative estimate of drug-likeness (QED) is 0.638. The van der Waals surface area contributed by atoms with E-state index in [-0.39, 0.29) is 16.3 Å². The second-order valence-corrected chi connectivity index (χ2v) is 3.28. The predicted octanol–water partition coefficient (Wildman–Crippen LogP) is 2.51. The number of carboxylic acids is 1. The average Bonchev–Trinajstić information content (AvgIpc) is 2.16. The molecule has 0 aliphatic heterocycles. The van der Waals surface area contributed by atoms with Gasteiger partial charge in [-0.05, 0) is 18.1 Å². The Morgan fingerprint density at radius 3 is 2.60 bits per heavy atom. The van der Waals surface area contributed by atoms with Crippen molar-refractivity contribution >= 4 is 23.3 Å². The van der Waals surface area contributed by atoms with Crippen LogP contribution in [0.3, 0.4) is 0 Å². The molecule has 0 aromatic heterocycles. The SMILES string of the molecule is CCc1cc(Cl)c([N+](=O)[O-])cc1C(=O)O. The molecule has 0 saturated heterocycles. The monoisotopic (exact) mass is 229 g/mol. The van der Waals surface area contributed by atoms with Crippen LogP contribution in [0.4, 0.5) is 5.69 Å². The molecule has 0 aliphatic rings. The summed E-state index contributed by atoms with van der Waals surface area (Å²) in [6, 6.07) is 2.31. The van der Waals surface area contributed by atoms with E-state index in [9.17, 15) is 14.9 Å². The summed E-state index contributed by atoms with van der Waals surface area (Å²) in [5.41, 5.74) is 0.0259. The molecule has 6 heteroatoms. The highest BCUT2D eigenvalue weighted by molar-refractivity contribution is 6.32. The molecule has 0 atom stereocenters. The lowest BCUT2D eigenvalue weighted by atomic mass is 10.0. The molecule has 15 heavy (non-hydrogen) atoms. The number of nitro groups is 1. The van der Waals surface area contributed by atoms with Crippen LogP contribution in [0.5, 0.6) is 0 Å². The van der Waals surface area contributed by atoms with E-state index in [0.29, 0.717) is 12.0 Å². The Hall–Kier alpha value is -1.62. The molecule has 0 saturated carbocycles. The van der Waals surface area contributed by atoms with Crippen molar-refractivity contribution in [3.8, 4) is 0 Å². The lowest BCUT2D eigenvalue weighted by Crippen LogP contribution is -2.03. The minimum absolute atomic E-state index is 0.0400. The molecule has 1 N–H and O–H groups in total. The summed E-state index contributed by atoms with van der Waals surface area (Å²) in [6.45, 7) is 1.75. The van der Waals surface area contributed by atoms with Gasteiger partial charge in [-0.3, -0.25) is 10.1 Å². The van der Waals surface area contributed by atoms with E-state index < -0.39 is 10.9 Å². The number of hydrogen-bond donors (Lipinski definition) is 1. The van der Waals surface area contributed by atoms with Gasteiger partial charge in [0.2, 0.25) is 0 Å². The number of carboxylic acid groups (broad SMARTS) is 1. The number of benzene rings is 1. The summed E-state index contributed by atoms with van der Waals surface area (Å²) in [5.74, 6) is -1.19. The molecule has 0 heterocycles. The van der Waals surface area contributed by atoms with E-state index >= 15 is 0 Å². The molecule has 0 bridgehead atoms. The van der Waals surface area contributed by atoms with Crippen molar-refractivity contribution in [2.24, 2.45) is 0 Å². The van der Waals surface area contributed by atoms with E-state index in [1.54, 1.807) is 6.92 Å². The molecule has 0 aliphatic carbocycles. The molecule has 0 unspecified atom stereocenters. The number of carbonyl (C=O) groups is 1. The molecule has 5 nitrogen and oxygen atoms in total. The summed E-state index contributed by atoms with van der Waals surface area (Å²) in [6.07, 6.45) is 0.458. The van der Waals surface area contributed by atoms with Gasteiger partial charge >= 0.3 is 5.97 Å². The lowest BCUT2D eigenvalue weighted by molar-refractivity contribution is -0.384. The van der Waals surface area contributed by atoms with Gasteiger partial charge in [0.15, 0.2) is 0 Å². The molecule has 0 radical (unpaired) electrons. The van der Waals surface area contributed by atoms with Crippen molar-refractivity contribution in [3.63, 3.8) is 0 Å². The molecular formula is C9H8ClNO4. The first kappa shape index (κ1) is 11.5. The summed E-state index contributed by atoms with van der Waals surface area (Å²) in [7, 11) is 0. The number of nitro benzene ring substituents is 1. The summed E-state index contributed by atoms with van der Waals surface area (Å²) in [4.78, 5) is 20.6. The van der Waals surface area contributed by atoms with Crippen LogP contribution in [-0.2, 0) is 6.42 Å². The third kappa shape index (κ3) is 2.24. The molecule has 80 valence electrons. The van der Waals surface area contributed by atoms with Crippen molar-refractivity contribution in [1.82, 2.24) is 0 Å². The fourth-order valence-corrected chi connectivity index (χ4v) is 1.49. The van der Waals surface area contributed by atoms with Gasteiger partial charge in [0.05, 0.1) is 10.5 Å². The van der Waals surface area contributed by atoms with Gasteiger partial charge in [0, 0.05) is 6.07 Å². The lowest BCUT2D eigenvalue weighted by Gasteiger charge is -2.04. The Balaban J connectivity index is 3.43. The number of aromatic carboxylic acids is 1. The maximum atomic E-state index is 10.8. The number of hydrogen-bond acceptors (Lipinski definition) is 3. The largest absolute Gasteiger partial charge is 0.478 e. The highest BCUT2D eigenvalue weighted by Crippen LogP contribution is 2.28. The average molecular weight is 230 g/mol. The Bertz CT molecular complexity index is 430. The molecule has 1 rings (SSSR count). The fraction of sp³-hybridized carbons (Fsp3) is 0.222. The Kier molecular flexibility index (Phi) is 3.26. The van der Waals surface area contributed by atoms with Crippen LogP contribution in [0.1, 0.15) is 22.8 Å². The summed E-state index contributed by atoms with van der Waals surface area (Å²) >= 11 is 5.65. The van der Waals surface area contributed by atoms with Crippen LogP contribution in [-0.4, -0.2) is 16.0 Å². The van der Waals surface area contributed by atoms with Crippen molar-refractivity contribution in [2.75, 3.05) is 0 Å². The third-order valence-electron chi connectivity index (χ3n) is 1.98. The van der Waals surface area contributed by atoms with Crippen molar-refractivity contribution in [2.45, 2.75) is 13.3 Å². The minimum atomic E-state index is -1.19. The highest BCUT2D eigenvalue weighted by atomic mass is 35.5. The molecule has 0 amide bonds. The Morgan fingerprint density at radius 2 is 2.20 bits per heavy atom. The van der Waals surface area contributed by atoms with Gasteiger partial charge in [-0.1, -0.05) is 18.5 Å². The number of rotatable bonds is 3. The zero-order valence-electron chi connectivity index (χ0n) is 7.86. The van der Waals surface area contributed by atoms with Gasteiger partial charge in [-0.2, -0.15) is 0 Å². The normalized spacial score (nSPS) is 10.0. The number of nitrogens with zero attached hydrogens (tertiary/aromatic N) is 1. The Labute approximate surface area is 90.4 Å². The van der Waals surface area contributed by atoms with Gasteiger partial charge in [-0.25, -0.2) is 4.79 Å². The molecule has 1 aromatic rings. The second-order valence-electron chi connectivity index (χ2n) is 2.88. The molecular weight excluding hydrogens is 222 g/mol. The van der Waals surface area contributed by atoms with Crippen LogP contribution in [0.15, 0.2) is 12.1 Å². The van der Waals surface area contributed by atoms with Crippen molar-refractivity contribution in [1.29, 1.82) is 0 Å². The minimum Gasteiger partial charge on any atom is -0.478 e.